The number of ether oxygens (including phenoxy) is 2. The van der Waals surface area contributed by atoms with Gasteiger partial charge in [-0.3, -0.25) is 0 Å². The van der Waals surface area contributed by atoms with Crippen LogP contribution in [-0.2, 0) is 9.47 Å². The first kappa shape index (κ1) is 14.9. The molecule has 0 aromatic carbocycles. The minimum Gasteiger partial charge on any atom is -0.380 e. The van der Waals surface area contributed by atoms with Crippen LogP contribution in [0.25, 0.3) is 0 Å². The van der Waals surface area contributed by atoms with Gasteiger partial charge in [0.1, 0.15) is 0 Å². The van der Waals surface area contributed by atoms with Gasteiger partial charge in [-0.05, 0) is 40.2 Å². The smallest absolute Gasteiger partial charge is 0.0623 e. The van der Waals surface area contributed by atoms with Crippen LogP contribution in [0.2, 0.25) is 0 Å². The second-order valence-corrected chi connectivity index (χ2v) is 4.56. The van der Waals surface area contributed by atoms with Gasteiger partial charge in [-0.1, -0.05) is 6.92 Å². The molecule has 0 aliphatic rings. The molecule has 15 heavy (non-hydrogen) atoms. The Morgan fingerprint density at radius 1 is 1.33 bits per heavy atom. The first-order valence-corrected chi connectivity index (χ1v) is 5.86. The van der Waals surface area contributed by atoms with Crippen LogP contribution in [0, 0.1) is 0 Å². The summed E-state index contributed by atoms with van der Waals surface area (Å²) < 4.78 is 10.9. The van der Waals surface area contributed by atoms with Gasteiger partial charge >= 0.3 is 0 Å². The van der Waals surface area contributed by atoms with Crippen LogP contribution < -0.4 is 5.32 Å². The van der Waals surface area contributed by atoms with Gasteiger partial charge in [-0.25, -0.2) is 0 Å². The van der Waals surface area contributed by atoms with E-state index in [0.717, 1.165) is 32.5 Å². The second-order valence-electron chi connectivity index (χ2n) is 4.56. The minimum atomic E-state index is -0.0279. The molecule has 1 N–H and O–H groups in total. The Kier molecular flexibility index (Phi) is 8.02. The number of methoxy groups -OCH3 is 1. The van der Waals surface area contributed by atoms with Crippen molar-refractivity contribution in [3.05, 3.63) is 0 Å². The van der Waals surface area contributed by atoms with Gasteiger partial charge < -0.3 is 14.8 Å². The summed E-state index contributed by atoms with van der Waals surface area (Å²) in [7, 11) is 3.75. The Morgan fingerprint density at radius 3 is 2.47 bits per heavy atom. The Balaban J connectivity index is 3.69. The van der Waals surface area contributed by atoms with Crippen LogP contribution in [0.1, 0.15) is 40.0 Å². The summed E-state index contributed by atoms with van der Waals surface area (Å²) in [5.41, 5.74) is -0.0279. The molecular formula is C12H27NO2. The van der Waals surface area contributed by atoms with Crippen molar-refractivity contribution in [3.63, 3.8) is 0 Å². The van der Waals surface area contributed by atoms with E-state index in [1.165, 1.54) is 0 Å². The van der Waals surface area contributed by atoms with Crippen LogP contribution in [-0.4, -0.2) is 39.0 Å². The summed E-state index contributed by atoms with van der Waals surface area (Å²) in [6.07, 6.45) is 3.21. The van der Waals surface area contributed by atoms with E-state index in [4.69, 9.17) is 9.47 Å². The Bertz CT molecular complexity index is 149. The molecule has 3 heteroatoms. The molecule has 0 saturated carbocycles. The molecule has 0 bridgehead atoms. The molecule has 0 rings (SSSR count). The second kappa shape index (κ2) is 8.08. The first-order chi connectivity index (χ1) is 7.05. The lowest BCUT2D eigenvalue weighted by Crippen LogP contribution is -2.33. The van der Waals surface area contributed by atoms with Crippen LogP contribution in [0.5, 0.6) is 0 Å². The fourth-order valence-electron chi connectivity index (χ4n) is 1.30. The van der Waals surface area contributed by atoms with Crippen LogP contribution in [0.3, 0.4) is 0 Å². The van der Waals surface area contributed by atoms with Crippen LogP contribution in [0.4, 0.5) is 0 Å². The van der Waals surface area contributed by atoms with Crippen molar-refractivity contribution >= 4 is 0 Å². The molecule has 0 radical (unpaired) electrons. The summed E-state index contributed by atoms with van der Waals surface area (Å²) in [4.78, 5) is 0. The molecule has 0 aliphatic carbocycles. The standard InChI is InChI=1S/C12H27NO2/c1-6-9-15-10-11(13-4)7-8-12(2,3)14-5/h11,13H,6-10H2,1-5H3. The number of nitrogens with one attached hydrogen (secondary N) is 1. The zero-order valence-corrected chi connectivity index (χ0v) is 10.9. The van der Waals surface area contributed by atoms with Gasteiger partial charge in [0.15, 0.2) is 0 Å². The van der Waals surface area contributed by atoms with Crippen molar-refractivity contribution in [1.29, 1.82) is 0 Å². The summed E-state index contributed by atoms with van der Waals surface area (Å²) in [5, 5.41) is 3.28. The van der Waals surface area contributed by atoms with E-state index < -0.39 is 0 Å². The Morgan fingerprint density at radius 2 is 2.00 bits per heavy atom. The zero-order valence-electron chi connectivity index (χ0n) is 10.9. The molecule has 0 heterocycles. The van der Waals surface area contributed by atoms with Crippen molar-refractivity contribution < 1.29 is 9.47 Å². The van der Waals surface area contributed by atoms with Gasteiger partial charge in [0, 0.05) is 19.8 Å². The zero-order chi connectivity index (χ0) is 11.7. The Hall–Kier alpha value is -0.120. The fraction of sp³-hybridized carbons (Fsp3) is 1.00. The van der Waals surface area contributed by atoms with Crippen molar-refractivity contribution in [2.24, 2.45) is 0 Å². The average molecular weight is 217 g/mol. The number of hydrogen-bond donors (Lipinski definition) is 1. The molecule has 1 atom stereocenters. The molecule has 0 spiro atoms. The summed E-state index contributed by atoms with van der Waals surface area (Å²) in [5.74, 6) is 0. The predicted molar refractivity (Wildman–Crippen MR) is 64.3 cm³/mol. The highest BCUT2D eigenvalue weighted by Crippen LogP contribution is 2.16. The highest BCUT2D eigenvalue weighted by molar-refractivity contribution is 4.73. The van der Waals surface area contributed by atoms with E-state index in [-0.39, 0.29) is 5.60 Å². The van der Waals surface area contributed by atoms with Crippen molar-refractivity contribution in [3.8, 4) is 0 Å². The van der Waals surface area contributed by atoms with Crippen LogP contribution >= 0.6 is 0 Å². The monoisotopic (exact) mass is 217 g/mol. The molecular weight excluding hydrogens is 190 g/mol. The average Bonchev–Trinajstić information content (AvgIpc) is 2.23. The maximum atomic E-state index is 5.53. The maximum Gasteiger partial charge on any atom is 0.0623 e. The largest absolute Gasteiger partial charge is 0.380 e. The molecule has 1 unspecified atom stereocenters. The van der Waals surface area contributed by atoms with E-state index in [1.807, 2.05) is 7.05 Å². The highest BCUT2D eigenvalue weighted by atomic mass is 16.5. The SMILES string of the molecule is CCCOCC(CCC(C)(C)OC)NC. The van der Waals surface area contributed by atoms with Gasteiger partial charge in [0.05, 0.1) is 12.2 Å². The molecule has 0 aliphatic heterocycles. The molecule has 0 aromatic rings. The molecule has 0 saturated heterocycles. The minimum absolute atomic E-state index is 0.0279. The number of hydrogen-bond acceptors (Lipinski definition) is 3. The Labute approximate surface area is 94.5 Å². The molecule has 3 nitrogen and oxygen atoms in total. The van der Waals surface area contributed by atoms with Crippen LogP contribution in [0.15, 0.2) is 0 Å². The maximum absolute atomic E-state index is 5.53. The normalized spacial score (nSPS) is 14.2. The van der Waals surface area contributed by atoms with Gasteiger partial charge in [-0.15, -0.1) is 0 Å². The molecule has 0 aromatic heterocycles. The third-order valence-corrected chi connectivity index (χ3v) is 2.72. The van der Waals surface area contributed by atoms with Crippen molar-refractivity contribution in [1.82, 2.24) is 5.32 Å². The van der Waals surface area contributed by atoms with Gasteiger partial charge in [0.25, 0.3) is 0 Å². The topological polar surface area (TPSA) is 30.5 Å². The van der Waals surface area contributed by atoms with E-state index in [1.54, 1.807) is 7.11 Å². The molecule has 0 amide bonds. The lowest BCUT2D eigenvalue weighted by Gasteiger charge is -2.25. The third kappa shape index (κ3) is 7.77. The quantitative estimate of drug-likeness (QED) is 0.601. The summed E-state index contributed by atoms with van der Waals surface area (Å²) in [6, 6.07) is 0.436. The van der Waals surface area contributed by atoms with E-state index in [2.05, 4.69) is 26.1 Å². The van der Waals surface area contributed by atoms with Gasteiger partial charge in [0.2, 0.25) is 0 Å². The van der Waals surface area contributed by atoms with Crippen molar-refractivity contribution in [2.45, 2.75) is 51.7 Å². The van der Waals surface area contributed by atoms with Crippen molar-refractivity contribution in [2.75, 3.05) is 27.4 Å². The molecule has 92 valence electrons. The number of rotatable bonds is 9. The fourth-order valence-corrected chi connectivity index (χ4v) is 1.30. The lowest BCUT2D eigenvalue weighted by atomic mass is 9.99. The van der Waals surface area contributed by atoms with E-state index in [0.29, 0.717) is 6.04 Å². The highest BCUT2D eigenvalue weighted by Gasteiger charge is 2.18. The van der Waals surface area contributed by atoms with E-state index in [9.17, 15) is 0 Å². The van der Waals surface area contributed by atoms with Gasteiger partial charge in [-0.2, -0.15) is 0 Å². The first-order valence-electron chi connectivity index (χ1n) is 5.86. The molecule has 0 fully saturated rings. The predicted octanol–water partition coefficient (Wildman–Crippen LogP) is 2.21. The summed E-state index contributed by atoms with van der Waals surface area (Å²) in [6.45, 7) is 8.01. The third-order valence-electron chi connectivity index (χ3n) is 2.72. The number of likely N-dealkylation sites (N-methyl/N-ethyl adjacent to an activating group) is 1. The summed E-state index contributed by atoms with van der Waals surface area (Å²) >= 11 is 0. The lowest BCUT2D eigenvalue weighted by molar-refractivity contribution is 0.00843. The van der Waals surface area contributed by atoms with E-state index >= 15 is 0 Å².